The second kappa shape index (κ2) is 4.62. The number of thioether (sulfide) groups is 1. The maximum Gasteiger partial charge on any atom is 0.151 e. The highest BCUT2D eigenvalue weighted by Crippen LogP contribution is 2.16. The van der Waals surface area contributed by atoms with E-state index in [1.165, 1.54) is 24.6 Å². The Morgan fingerprint density at radius 2 is 2.45 bits per heavy atom. The largest absolute Gasteiger partial charge is 0.379 e. The lowest BCUT2D eigenvalue weighted by Gasteiger charge is -2.21. The zero-order chi connectivity index (χ0) is 8.10. The smallest absolute Gasteiger partial charge is 0.151 e. The van der Waals surface area contributed by atoms with E-state index in [9.17, 15) is 0 Å². The van der Waals surface area contributed by atoms with Crippen molar-refractivity contribution in [3.8, 4) is 0 Å². The van der Waals surface area contributed by atoms with Crippen molar-refractivity contribution in [1.29, 1.82) is 5.41 Å². The van der Waals surface area contributed by atoms with E-state index < -0.39 is 0 Å². The van der Waals surface area contributed by atoms with Crippen molar-refractivity contribution in [2.24, 2.45) is 5.73 Å². The van der Waals surface area contributed by atoms with Crippen LogP contribution < -0.4 is 5.73 Å². The molecule has 0 bridgehead atoms. The van der Waals surface area contributed by atoms with E-state index in [0.717, 1.165) is 18.8 Å². The van der Waals surface area contributed by atoms with E-state index in [1.54, 1.807) is 0 Å². The van der Waals surface area contributed by atoms with Crippen molar-refractivity contribution in [3.05, 3.63) is 0 Å². The molecule has 1 atom stereocenters. The van der Waals surface area contributed by atoms with Crippen LogP contribution in [0.5, 0.6) is 0 Å². The first-order valence-corrected chi connectivity index (χ1v) is 4.86. The van der Waals surface area contributed by atoms with Gasteiger partial charge in [-0.05, 0) is 19.3 Å². The Bertz CT molecular complexity index is 134. The fourth-order valence-corrected chi connectivity index (χ4v) is 1.75. The third kappa shape index (κ3) is 3.62. The van der Waals surface area contributed by atoms with Gasteiger partial charge in [-0.2, -0.15) is 0 Å². The van der Waals surface area contributed by atoms with Gasteiger partial charge >= 0.3 is 0 Å². The van der Waals surface area contributed by atoms with E-state index >= 15 is 0 Å². The maximum atomic E-state index is 7.00. The van der Waals surface area contributed by atoms with Gasteiger partial charge in [0.2, 0.25) is 0 Å². The number of nitrogens with two attached hydrogens (primary N) is 1. The predicted molar refractivity (Wildman–Crippen MR) is 48.0 cm³/mol. The zero-order valence-electron chi connectivity index (χ0n) is 6.51. The first kappa shape index (κ1) is 8.87. The van der Waals surface area contributed by atoms with Gasteiger partial charge in [-0.1, -0.05) is 11.8 Å². The minimum absolute atomic E-state index is 0.194. The number of ether oxygens (including phenoxy) is 1. The van der Waals surface area contributed by atoms with Crippen LogP contribution in [0.3, 0.4) is 0 Å². The van der Waals surface area contributed by atoms with Gasteiger partial charge in [0.1, 0.15) is 0 Å². The van der Waals surface area contributed by atoms with Gasteiger partial charge in [0.15, 0.2) is 5.17 Å². The second-order valence-electron chi connectivity index (χ2n) is 2.66. The van der Waals surface area contributed by atoms with Crippen LogP contribution in [0.4, 0.5) is 0 Å². The third-order valence-electron chi connectivity index (χ3n) is 1.70. The van der Waals surface area contributed by atoms with Crippen molar-refractivity contribution in [2.45, 2.75) is 25.4 Å². The topological polar surface area (TPSA) is 59.1 Å². The predicted octanol–water partition coefficient (Wildman–Crippen LogP) is 1.18. The van der Waals surface area contributed by atoms with E-state index in [2.05, 4.69) is 0 Å². The SMILES string of the molecule is N=C(N)SCC1CCCCO1. The van der Waals surface area contributed by atoms with Crippen LogP contribution in [0.15, 0.2) is 0 Å². The van der Waals surface area contributed by atoms with Gasteiger partial charge in [-0.15, -0.1) is 0 Å². The average molecular weight is 174 g/mol. The molecule has 1 aliphatic rings. The third-order valence-corrected chi connectivity index (χ3v) is 2.55. The van der Waals surface area contributed by atoms with Crippen LogP contribution in [0.25, 0.3) is 0 Å². The Morgan fingerprint density at radius 3 is 3.00 bits per heavy atom. The molecule has 1 aliphatic heterocycles. The van der Waals surface area contributed by atoms with Crippen molar-refractivity contribution in [2.75, 3.05) is 12.4 Å². The van der Waals surface area contributed by atoms with Crippen molar-refractivity contribution in [3.63, 3.8) is 0 Å². The molecule has 1 rings (SSSR count). The van der Waals surface area contributed by atoms with Gasteiger partial charge in [-0.25, -0.2) is 0 Å². The summed E-state index contributed by atoms with van der Waals surface area (Å²) in [6, 6.07) is 0. The van der Waals surface area contributed by atoms with Crippen molar-refractivity contribution in [1.82, 2.24) is 0 Å². The first-order valence-electron chi connectivity index (χ1n) is 3.87. The Morgan fingerprint density at radius 1 is 1.64 bits per heavy atom. The van der Waals surface area contributed by atoms with Crippen LogP contribution in [0.1, 0.15) is 19.3 Å². The highest BCUT2D eigenvalue weighted by molar-refractivity contribution is 8.13. The summed E-state index contributed by atoms with van der Waals surface area (Å²) in [5.41, 5.74) is 5.20. The van der Waals surface area contributed by atoms with Gasteiger partial charge < -0.3 is 10.5 Å². The van der Waals surface area contributed by atoms with Gasteiger partial charge in [0, 0.05) is 12.4 Å². The van der Waals surface area contributed by atoms with Crippen LogP contribution in [-0.2, 0) is 4.74 Å². The molecule has 0 saturated carbocycles. The lowest BCUT2D eigenvalue weighted by molar-refractivity contribution is 0.0316. The average Bonchev–Trinajstić information content (AvgIpc) is 2.03. The van der Waals surface area contributed by atoms with E-state index in [-0.39, 0.29) is 5.17 Å². The molecule has 1 fully saturated rings. The molecule has 1 heterocycles. The van der Waals surface area contributed by atoms with Crippen molar-refractivity contribution < 1.29 is 4.74 Å². The molecular formula is C7H14N2OS. The Kier molecular flexibility index (Phi) is 3.72. The Hall–Kier alpha value is -0.220. The summed E-state index contributed by atoms with van der Waals surface area (Å²) in [5.74, 6) is 0.843. The fourth-order valence-electron chi connectivity index (χ4n) is 1.12. The molecule has 4 heteroatoms. The van der Waals surface area contributed by atoms with Crippen LogP contribution in [-0.4, -0.2) is 23.6 Å². The molecule has 3 nitrogen and oxygen atoms in total. The summed E-state index contributed by atoms with van der Waals surface area (Å²) in [5, 5.41) is 7.19. The quantitative estimate of drug-likeness (QED) is 0.488. The number of hydrogen-bond donors (Lipinski definition) is 2. The lowest BCUT2D eigenvalue weighted by atomic mass is 10.1. The minimum Gasteiger partial charge on any atom is -0.379 e. The van der Waals surface area contributed by atoms with Crippen molar-refractivity contribution >= 4 is 16.9 Å². The monoisotopic (exact) mass is 174 g/mol. The molecule has 0 aromatic heterocycles. The molecule has 0 aliphatic carbocycles. The molecule has 0 spiro atoms. The zero-order valence-corrected chi connectivity index (χ0v) is 7.32. The normalized spacial score (nSPS) is 24.9. The van der Waals surface area contributed by atoms with Gasteiger partial charge in [-0.3, -0.25) is 5.41 Å². The molecule has 1 saturated heterocycles. The van der Waals surface area contributed by atoms with Gasteiger partial charge in [0.05, 0.1) is 6.10 Å². The fraction of sp³-hybridized carbons (Fsp3) is 0.857. The molecule has 0 aromatic rings. The summed E-state index contributed by atoms with van der Waals surface area (Å²) >= 11 is 1.37. The number of amidine groups is 1. The van der Waals surface area contributed by atoms with Crippen LogP contribution in [0, 0.1) is 5.41 Å². The standard InChI is InChI=1S/C7H14N2OS/c8-7(9)11-5-6-3-1-2-4-10-6/h6H,1-5H2,(H3,8,9). The van der Waals surface area contributed by atoms with E-state index in [4.69, 9.17) is 15.9 Å². The van der Waals surface area contributed by atoms with Crippen LogP contribution in [0.2, 0.25) is 0 Å². The highest BCUT2D eigenvalue weighted by atomic mass is 32.2. The van der Waals surface area contributed by atoms with E-state index in [1.807, 2.05) is 0 Å². The molecule has 1 unspecified atom stereocenters. The summed E-state index contributed by atoms with van der Waals surface area (Å²) < 4.78 is 5.46. The summed E-state index contributed by atoms with van der Waals surface area (Å²) in [7, 11) is 0. The van der Waals surface area contributed by atoms with Gasteiger partial charge in [0.25, 0.3) is 0 Å². The maximum absolute atomic E-state index is 7.00. The summed E-state index contributed by atoms with van der Waals surface area (Å²) in [4.78, 5) is 0. The van der Waals surface area contributed by atoms with Crippen LogP contribution >= 0.6 is 11.8 Å². The molecule has 0 amide bonds. The first-order chi connectivity index (χ1) is 5.29. The lowest BCUT2D eigenvalue weighted by Crippen LogP contribution is -2.22. The molecule has 3 N–H and O–H groups in total. The molecule has 64 valence electrons. The molecule has 0 aromatic carbocycles. The molecular weight excluding hydrogens is 160 g/mol. The summed E-state index contributed by atoms with van der Waals surface area (Å²) in [6.07, 6.45) is 3.89. The minimum atomic E-state index is 0.194. The molecule has 0 radical (unpaired) electrons. The number of nitrogens with one attached hydrogen (secondary N) is 1. The molecule has 11 heavy (non-hydrogen) atoms. The number of hydrogen-bond acceptors (Lipinski definition) is 3. The summed E-state index contributed by atoms with van der Waals surface area (Å²) in [6.45, 7) is 0.878. The number of rotatable bonds is 2. The van der Waals surface area contributed by atoms with E-state index in [0.29, 0.717) is 6.10 Å². The highest BCUT2D eigenvalue weighted by Gasteiger charge is 2.13. The second-order valence-corrected chi connectivity index (χ2v) is 3.73. The Labute approximate surface area is 71.2 Å². The Balaban J connectivity index is 2.09.